The Morgan fingerprint density at radius 2 is 2.23 bits per heavy atom. The highest BCUT2D eigenvalue weighted by atomic mass is 16.5. The normalized spacial score (nSPS) is 25.8. The molecule has 1 unspecified atom stereocenters. The van der Waals surface area contributed by atoms with Gasteiger partial charge in [-0.2, -0.15) is 0 Å². The minimum atomic E-state index is 0.172. The zero-order valence-corrected chi connectivity index (χ0v) is 8.17. The van der Waals surface area contributed by atoms with E-state index in [1.807, 2.05) is 0 Å². The first-order valence-electron chi connectivity index (χ1n) is 5.44. The summed E-state index contributed by atoms with van der Waals surface area (Å²) in [6, 6.07) is 0.172. The van der Waals surface area contributed by atoms with Crippen molar-refractivity contribution in [1.29, 1.82) is 0 Å². The number of rotatable bonds is 3. The van der Waals surface area contributed by atoms with E-state index in [2.05, 4.69) is 6.08 Å². The minimum absolute atomic E-state index is 0.172. The van der Waals surface area contributed by atoms with Crippen LogP contribution in [-0.4, -0.2) is 12.6 Å². The van der Waals surface area contributed by atoms with Crippen molar-refractivity contribution in [2.75, 3.05) is 6.61 Å². The molecule has 1 aliphatic heterocycles. The van der Waals surface area contributed by atoms with E-state index in [1.165, 1.54) is 25.7 Å². The molecule has 2 nitrogen and oxygen atoms in total. The molecule has 2 N–H and O–H groups in total. The van der Waals surface area contributed by atoms with E-state index < -0.39 is 0 Å². The Labute approximate surface area is 80.1 Å². The number of ether oxygens (including phenoxy) is 1. The van der Waals surface area contributed by atoms with Gasteiger partial charge in [0.05, 0.1) is 12.6 Å². The first-order valence-corrected chi connectivity index (χ1v) is 5.44. The van der Waals surface area contributed by atoms with Gasteiger partial charge < -0.3 is 10.5 Å². The van der Waals surface area contributed by atoms with Crippen LogP contribution in [0.1, 0.15) is 38.5 Å². The summed E-state index contributed by atoms with van der Waals surface area (Å²) in [4.78, 5) is 0. The molecule has 0 spiro atoms. The topological polar surface area (TPSA) is 35.2 Å². The van der Waals surface area contributed by atoms with Gasteiger partial charge in [0.15, 0.2) is 0 Å². The smallest absolute Gasteiger partial charge is 0.109 e. The molecular weight excluding hydrogens is 162 g/mol. The molecule has 2 rings (SSSR count). The van der Waals surface area contributed by atoms with Crippen LogP contribution < -0.4 is 5.73 Å². The monoisotopic (exact) mass is 181 g/mol. The molecule has 1 aliphatic carbocycles. The van der Waals surface area contributed by atoms with Gasteiger partial charge >= 0.3 is 0 Å². The van der Waals surface area contributed by atoms with E-state index in [9.17, 15) is 0 Å². The molecule has 0 aromatic heterocycles. The number of hydrogen-bond acceptors (Lipinski definition) is 2. The molecular formula is C11H19NO. The van der Waals surface area contributed by atoms with Crippen LogP contribution in [0.25, 0.3) is 0 Å². The van der Waals surface area contributed by atoms with Crippen molar-refractivity contribution >= 4 is 0 Å². The lowest BCUT2D eigenvalue weighted by molar-refractivity contribution is 0.216. The summed E-state index contributed by atoms with van der Waals surface area (Å²) < 4.78 is 5.46. The van der Waals surface area contributed by atoms with Gasteiger partial charge in [0.1, 0.15) is 5.76 Å². The minimum Gasteiger partial charge on any atom is -0.496 e. The van der Waals surface area contributed by atoms with Crippen LogP contribution in [-0.2, 0) is 4.74 Å². The molecule has 74 valence electrons. The molecule has 1 atom stereocenters. The van der Waals surface area contributed by atoms with Crippen molar-refractivity contribution in [1.82, 2.24) is 0 Å². The lowest BCUT2D eigenvalue weighted by atomic mass is 9.98. The molecule has 1 saturated carbocycles. The van der Waals surface area contributed by atoms with E-state index >= 15 is 0 Å². The maximum absolute atomic E-state index is 6.07. The Balaban J connectivity index is 1.79. The average Bonchev–Trinajstić information content (AvgIpc) is 2.74. The summed E-state index contributed by atoms with van der Waals surface area (Å²) in [5.74, 6) is 1.91. The van der Waals surface area contributed by atoms with Gasteiger partial charge in [0, 0.05) is 6.42 Å². The van der Waals surface area contributed by atoms with Crippen molar-refractivity contribution in [3.05, 3.63) is 11.8 Å². The van der Waals surface area contributed by atoms with E-state index in [0.29, 0.717) is 0 Å². The maximum Gasteiger partial charge on any atom is 0.109 e. The Morgan fingerprint density at radius 1 is 1.46 bits per heavy atom. The molecule has 13 heavy (non-hydrogen) atoms. The third-order valence-corrected chi connectivity index (χ3v) is 3.16. The van der Waals surface area contributed by atoms with Crippen LogP contribution in [0.15, 0.2) is 11.8 Å². The Bertz CT molecular complexity index is 194. The second kappa shape index (κ2) is 4.14. The van der Waals surface area contributed by atoms with E-state index in [0.717, 1.165) is 31.1 Å². The lowest BCUT2D eigenvalue weighted by Crippen LogP contribution is -2.25. The summed E-state index contributed by atoms with van der Waals surface area (Å²) >= 11 is 0. The van der Waals surface area contributed by atoms with Gasteiger partial charge in [0.25, 0.3) is 0 Å². The van der Waals surface area contributed by atoms with Crippen LogP contribution in [0.2, 0.25) is 0 Å². The summed E-state index contributed by atoms with van der Waals surface area (Å²) in [5.41, 5.74) is 6.07. The molecule has 0 aromatic carbocycles. The van der Waals surface area contributed by atoms with Gasteiger partial charge in [-0.15, -0.1) is 0 Å². The average molecular weight is 181 g/mol. The van der Waals surface area contributed by atoms with Gasteiger partial charge in [-0.25, -0.2) is 0 Å². The molecule has 0 amide bonds. The van der Waals surface area contributed by atoms with Crippen molar-refractivity contribution in [3.63, 3.8) is 0 Å². The molecule has 0 aromatic rings. The maximum atomic E-state index is 6.07. The van der Waals surface area contributed by atoms with Crippen molar-refractivity contribution in [2.24, 2.45) is 11.7 Å². The standard InChI is InChI=1S/C11H19NO/c12-10(11-6-3-7-13-11)8-9-4-1-2-5-9/h6,9-10H,1-5,7-8,12H2. The SMILES string of the molecule is NC(CC1CCCC1)C1=CCCO1. The van der Waals surface area contributed by atoms with Gasteiger partial charge in [0.2, 0.25) is 0 Å². The zero-order valence-electron chi connectivity index (χ0n) is 8.17. The summed E-state index contributed by atoms with van der Waals surface area (Å²) in [5, 5.41) is 0. The summed E-state index contributed by atoms with van der Waals surface area (Å²) in [6.45, 7) is 0.841. The van der Waals surface area contributed by atoms with Crippen molar-refractivity contribution in [3.8, 4) is 0 Å². The highest BCUT2D eigenvalue weighted by Gasteiger charge is 2.22. The molecule has 1 fully saturated rings. The van der Waals surface area contributed by atoms with Gasteiger partial charge in [-0.1, -0.05) is 25.7 Å². The summed E-state index contributed by atoms with van der Waals surface area (Å²) in [6.07, 6.45) is 9.88. The quantitative estimate of drug-likeness (QED) is 0.724. The second-order valence-corrected chi connectivity index (χ2v) is 4.24. The van der Waals surface area contributed by atoms with Crippen LogP contribution in [0.3, 0.4) is 0 Å². The molecule has 2 aliphatic rings. The molecule has 0 bridgehead atoms. The fourth-order valence-corrected chi connectivity index (χ4v) is 2.42. The molecule has 2 heteroatoms. The second-order valence-electron chi connectivity index (χ2n) is 4.24. The molecule has 0 radical (unpaired) electrons. The van der Waals surface area contributed by atoms with Gasteiger partial charge in [-0.3, -0.25) is 0 Å². The van der Waals surface area contributed by atoms with Crippen LogP contribution >= 0.6 is 0 Å². The van der Waals surface area contributed by atoms with Gasteiger partial charge in [-0.05, 0) is 18.4 Å². The first kappa shape index (κ1) is 9.07. The van der Waals surface area contributed by atoms with Crippen LogP contribution in [0, 0.1) is 5.92 Å². The Morgan fingerprint density at radius 3 is 2.85 bits per heavy atom. The van der Waals surface area contributed by atoms with E-state index in [-0.39, 0.29) is 6.04 Å². The predicted octanol–water partition coefficient (Wildman–Crippen LogP) is 2.20. The van der Waals surface area contributed by atoms with E-state index in [4.69, 9.17) is 10.5 Å². The predicted molar refractivity (Wildman–Crippen MR) is 53.2 cm³/mol. The largest absolute Gasteiger partial charge is 0.496 e. The third-order valence-electron chi connectivity index (χ3n) is 3.16. The lowest BCUT2D eigenvalue weighted by Gasteiger charge is -2.16. The van der Waals surface area contributed by atoms with Crippen molar-refractivity contribution < 1.29 is 4.74 Å². The third kappa shape index (κ3) is 2.25. The Hall–Kier alpha value is -0.500. The summed E-state index contributed by atoms with van der Waals surface area (Å²) in [7, 11) is 0. The first-order chi connectivity index (χ1) is 6.36. The van der Waals surface area contributed by atoms with Crippen molar-refractivity contribution in [2.45, 2.75) is 44.6 Å². The molecule has 1 heterocycles. The van der Waals surface area contributed by atoms with Crippen LogP contribution in [0.4, 0.5) is 0 Å². The fourth-order valence-electron chi connectivity index (χ4n) is 2.42. The Kier molecular flexibility index (Phi) is 2.89. The molecule has 0 saturated heterocycles. The fraction of sp³-hybridized carbons (Fsp3) is 0.818. The van der Waals surface area contributed by atoms with E-state index in [1.54, 1.807) is 0 Å². The number of hydrogen-bond donors (Lipinski definition) is 1. The zero-order chi connectivity index (χ0) is 9.10. The van der Waals surface area contributed by atoms with Crippen LogP contribution in [0.5, 0.6) is 0 Å². The highest BCUT2D eigenvalue weighted by molar-refractivity contribution is 5.06. The highest BCUT2D eigenvalue weighted by Crippen LogP contribution is 2.30. The number of nitrogens with two attached hydrogens (primary N) is 1.